The molecule has 0 radical (unpaired) electrons. The predicted molar refractivity (Wildman–Crippen MR) is 95.9 cm³/mol. The van der Waals surface area contributed by atoms with E-state index < -0.39 is 0 Å². The van der Waals surface area contributed by atoms with E-state index in [9.17, 15) is 0 Å². The molecule has 0 atom stereocenters. The lowest BCUT2D eigenvalue weighted by Gasteiger charge is -2.10. The van der Waals surface area contributed by atoms with Crippen molar-refractivity contribution in [3.8, 4) is 11.4 Å². The third-order valence-electron chi connectivity index (χ3n) is 3.21. The van der Waals surface area contributed by atoms with E-state index in [-0.39, 0.29) is 5.41 Å². The number of benzene rings is 1. The number of thioether (sulfide) groups is 1. The summed E-state index contributed by atoms with van der Waals surface area (Å²) in [7, 11) is 0. The second-order valence-electron chi connectivity index (χ2n) is 6.20. The lowest BCUT2D eigenvalue weighted by Crippen LogP contribution is -2.11. The Morgan fingerprint density at radius 2 is 1.92 bits per heavy atom. The van der Waals surface area contributed by atoms with E-state index in [1.807, 2.05) is 45.0 Å². The molecule has 7 nitrogen and oxygen atoms in total. The van der Waals surface area contributed by atoms with Crippen molar-refractivity contribution in [1.82, 2.24) is 25.1 Å². The van der Waals surface area contributed by atoms with Crippen LogP contribution in [-0.2, 0) is 11.2 Å². The van der Waals surface area contributed by atoms with E-state index in [1.54, 1.807) is 0 Å². The van der Waals surface area contributed by atoms with Gasteiger partial charge in [0.25, 0.3) is 0 Å². The van der Waals surface area contributed by atoms with Crippen LogP contribution in [0.25, 0.3) is 11.4 Å². The maximum Gasteiger partial charge on any atom is 0.226 e. The van der Waals surface area contributed by atoms with Crippen LogP contribution in [0.15, 0.2) is 38.3 Å². The van der Waals surface area contributed by atoms with E-state index in [1.165, 1.54) is 16.4 Å². The summed E-state index contributed by atoms with van der Waals surface area (Å²) >= 11 is 4.89. The van der Waals surface area contributed by atoms with Crippen molar-refractivity contribution >= 4 is 27.7 Å². The minimum absolute atomic E-state index is 0.170. The Morgan fingerprint density at radius 1 is 1.17 bits per heavy atom. The molecule has 2 N–H and O–H groups in total. The molecule has 0 aliphatic rings. The highest BCUT2D eigenvalue weighted by Crippen LogP contribution is 2.29. The molecule has 0 unspecified atom stereocenters. The summed E-state index contributed by atoms with van der Waals surface area (Å²) in [6.45, 7) is 6.08. The molecule has 0 aliphatic heterocycles. The summed E-state index contributed by atoms with van der Waals surface area (Å²) in [4.78, 5) is 0. The van der Waals surface area contributed by atoms with Crippen LogP contribution in [0.5, 0.6) is 0 Å². The molecule has 3 aromatic rings. The zero-order valence-electron chi connectivity index (χ0n) is 13.5. The van der Waals surface area contributed by atoms with Gasteiger partial charge in [0.05, 0.1) is 5.75 Å². The Labute approximate surface area is 152 Å². The van der Waals surface area contributed by atoms with Crippen LogP contribution in [0.1, 0.15) is 32.6 Å². The van der Waals surface area contributed by atoms with Crippen molar-refractivity contribution in [3.63, 3.8) is 0 Å². The average molecular weight is 409 g/mol. The number of nitrogens with zero attached hydrogens (tertiary/aromatic N) is 5. The van der Waals surface area contributed by atoms with Gasteiger partial charge in [-0.25, -0.2) is 4.68 Å². The summed E-state index contributed by atoms with van der Waals surface area (Å²) in [6, 6.07) is 7.72. The minimum atomic E-state index is -0.170. The Balaban J connectivity index is 1.76. The summed E-state index contributed by atoms with van der Waals surface area (Å²) in [6.07, 6.45) is 0. The van der Waals surface area contributed by atoms with Crippen LogP contribution < -0.4 is 5.84 Å². The highest BCUT2D eigenvalue weighted by Gasteiger charge is 2.22. The van der Waals surface area contributed by atoms with Gasteiger partial charge < -0.3 is 10.3 Å². The van der Waals surface area contributed by atoms with Gasteiger partial charge in [0.15, 0.2) is 5.82 Å². The first-order valence-corrected chi connectivity index (χ1v) is 9.05. The highest BCUT2D eigenvalue weighted by atomic mass is 79.9. The normalized spacial score (nSPS) is 11.8. The number of halogens is 1. The lowest BCUT2D eigenvalue weighted by atomic mass is 9.97. The lowest BCUT2D eigenvalue weighted by molar-refractivity contribution is 0.378. The Kier molecular flexibility index (Phi) is 4.64. The zero-order chi connectivity index (χ0) is 17.3. The molecule has 9 heteroatoms. The second-order valence-corrected chi connectivity index (χ2v) is 7.99. The third-order valence-corrected chi connectivity index (χ3v) is 4.83. The van der Waals surface area contributed by atoms with Gasteiger partial charge in [-0.2, -0.15) is 0 Å². The molecule has 0 bridgehead atoms. The number of aromatic nitrogens is 5. The van der Waals surface area contributed by atoms with Crippen molar-refractivity contribution in [2.24, 2.45) is 0 Å². The second kappa shape index (κ2) is 6.56. The topological polar surface area (TPSA) is 95.7 Å². The van der Waals surface area contributed by atoms with Crippen LogP contribution in [0, 0.1) is 0 Å². The first-order chi connectivity index (χ1) is 11.4. The molecule has 3 rings (SSSR count). The van der Waals surface area contributed by atoms with Gasteiger partial charge in [-0.3, -0.25) is 0 Å². The van der Waals surface area contributed by atoms with Gasteiger partial charge in [0, 0.05) is 15.5 Å². The smallest absolute Gasteiger partial charge is 0.226 e. The van der Waals surface area contributed by atoms with Gasteiger partial charge >= 0.3 is 0 Å². The molecule has 0 fully saturated rings. The maximum absolute atomic E-state index is 6.13. The number of hydrogen-bond acceptors (Lipinski definition) is 7. The van der Waals surface area contributed by atoms with Crippen LogP contribution in [0.3, 0.4) is 0 Å². The van der Waals surface area contributed by atoms with Crippen molar-refractivity contribution in [1.29, 1.82) is 0 Å². The molecule has 1 aromatic carbocycles. The van der Waals surface area contributed by atoms with Gasteiger partial charge in [-0.05, 0) is 12.1 Å². The standard InChI is InChI=1S/C15H17BrN6OS/c1-15(2,3)13-20-18-11(23-13)8-24-14-21-19-12(22(14)17)9-6-4-5-7-10(9)16/h4-7H,8,17H2,1-3H3. The molecule has 0 amide bonds. The molecule has 2 heterocycles. The van der Waals surface area contributed by atoms with Gasteiger partial charge in [0.2, 0.25) is 16.9 Å². The SMILES string of the molecule is CC(C)(C)c1nnc(CSc2nnc(-c3ccccc3Br)n2N)o1. The Hall–Kier alpha value is -1.87. The Bertz CT molecular complexity index is 854. The van der Waals surface area contributed by atoms with Crippen LogP contribution in [0.2, 0.25) is 0 Å². The van der Waals surface area contributed by atoms with Gasteiger partial charge in [-0.1, -0.05) is 60.6 Å². The number of nitrogens with two attached hydrogens (primary N) is 1. The average Bonchev–Trinajstić information content (AvgIpc) is 3.13. The summed E-state index contributed by atoms with van der Waals surface area (Å²) in [5.41, 5.74) is 0.712. The molecule has 0 saturated heterocycles. The molecule has 24 heavy (non-hydrogen) atoms. The summed E-state index contributed by atoms with van der Waals surface area (Å²) in [5.74, 6) is 8.35. The van der Waals surface area contributed by atoms with E-state index in [0.717, 1.165) is 10.0 Å². The van der Waals surface area contributed by atoms with Crippen LogP contribution in [-0.4, -0.2) is 25.1 Å². The summed E-state index contributed by atoms with van der Waals surface area (Å²) < 4.78 is 8.05. The van der Waals surface area contributed by atoms with Crippen molar-refractivity contribution < 1.29 is 4.42 Å². The first-order valence-electron chi connectivity index (χ1n) is 7.27. The number of hydrogen-bond donors (Lipinski definition) is 1. The van der Waals surface area contributed by atoms with E-state index in [4.69, 9.17) is 10.3 Å². The number of rotatable bonds is 4. The maximum atomic E-state index is 6.13. The fourth-order valence-electron chi connectivity index (χ4n) is 1.94. The van der Waals surface area contributed by atoms with Crippen molar-refractivity contribution in [3.05, 3.63) is 40.5 Å². The fourth-order valence-corrected chi connectivity index (χ4v) is 3.10. The van der Waals surface area contributed by atoms with Crippen molar-refractivity contribution in [2.45, 2.75) is 37.1 Å². The van der Waals surface area contributed by atoms with Gasteiger partial charge in [0.1, 0.15) is 0 Å². The monoisotopic (exact) mass is 408 g/mol. The third kappa shape index (κ3) is 3.46. The Morgan fingerprint density at radius 3 is 2.58 bits per heavy atom. The fraction of sp³-hybridized carbons (Fsp3) is 0.333. The number of nitrogen functional groups attached to an aromatic ring is 1. The highest BCUT2D eigenvalue weighted by molar-refractivity contribution is 9.10. The first kappa shape index (κ1) is 17.0. The molecule has 0 aliphatic carbocycles. The molecular weight excluding hydrogens is 392 g/mol. The molecule has 126 valence electrons. The molecule has 0 saturated carbocycles. The van der Waals surface area contributed by atoms with E-state index in [2.05, 4.69) is 36.3 Å². The minimum Gasteiger partial charge on any atom is -0.424 e. The molecular formula is C15H17BrN6OS. The predicted octanol–water partition coefficient (Wildman–Crippen LogP) is 3.39. The van der Waals surface area contributed by atoms with E-state index >= 15 is 0 Å². The molecule has 2 aromatic heterocycles. The van der Waals surface area contributed by atoms with Crippen molar-refractivity contribution in [2.75, 3.05) is 5.84 Å². The van der Waals surface area contributed by atoms with Crippen LogP contribution >= 0.6 is 27.7 Å². The van der Waals surface area contributed by atoms with Crippen LogP contribution in [0.4, 0.5) is 0 Å². The van der Waals surface area contributed by atoms with Gasteiger partial charge in [-0.15, -0.1) is 20.4 Å². The summed E-state index contributed by atoms with van der Waals surface area (Å²) in [5, 5.41) is 17.0. The van der Waals surface area contributed by atoms with E-state index in [0.29, 0.717) is 28.5 Å². The zero-order valence-corrected chi connectivity index (χ0v) is 15.9. The quantitative estimate of drug-likeness (QED) is 0.521. The molecule has 0 spiro atoms. The largest absolute Gasteiger partial charge is 0.424 e.